The van der Waals surface area contributed by atoms with Gasteiger partial charge in [0.15, 0.2) is 0 Å². The molecule has 4 heteroatoms. The van der Waals surface area contributed by atoms with Crippen LogP contribution in [0.5, 0.6) is 0 Å². The molecule has 0 bridgehead atoms. The maximum atomic E-state index is 5.32. The van der Waals surface area contributed by atoms with Crippen LogP contribution in [-0.2, 0) is 4.74 Å². The average molecular weight is 221 g/mol. The van der Waals surface area contributed by atoms with Gasteiger partial charge in [-0.15, -0.1) is 0 Å². The number of anilines is 2. The summed E-state index contributed by atoms with van der Waals surface area (Å²) in [6.45, 7) is 7.75. The molecule has 16 heavy (non-hydrogen) atoms. The van der Waals surface area contributed by atoms with E-state index in [2.05, 4.69) is 35.1 Å². The zero-order chi connectivity index (χ0) is 11.4. The molecule has 0 unspecified atom stereocenters. The molecule has 1 fully saturated rings. The van der Waals surface area contributed by atoms with E-state index < -0.39 is 0 Å². The fourth-order valence-electron chi connectivity index (χ4n) is 1.78. The van der Waals surface area contributed by atoms with E-state index in [1.807, 2.05) is 12.3 Å². The van der Waals surface area contributed by atoms with Gasteiger partial charge in [0.05, 0.1) is 25.1 Å². The van der Waals surface area contributed by atoms with Gasteiger partial charge in [-0.2, -0.15) is 0 Å². The second kappa shape index (κ2) is 5.16. The summed E-state index contributed by atoms with van der Waals surface area (Å²) in [5.41, 5.74) is 1.18. The van der Waals surface area contributed by atoms with E-state index in [-0.39, 0.29) is 0 Å². The van der Waals surface area contributed by atoms with Gasteiger partial charge in [-0.1, -0.05) is 0 Å². The number of morpholine rings is 1. The summed E-state index contributed by atoms with van der Waals surface area (Å²) in [5.74, 6) is 0.937. The van der Waals surface area contributed by atoms with Crippen LogP contribution < -0.4 is 10.2 Å². The first-order valence-electron chi connectivity index (χ1n) is 5.81. The Balaban J connectivity index is 2.00. The van der Waals surface area contributed by atoms with Crippen molar-refractivity contribution in [1.29, 1.82) is 0 Å². The van der Waals surface area contributed by atoms with Gasteiger partial charge in [0.25, 0.3) is 0 Å². The second-order valence-electron chi connectivity index (χ2n) is 4.30. The third-order valence-corrected chi connectivity index (χ3v) is 2.56. The monoisotopic (exact) mass is 221 g/mol. The van der Waals surface area contributed by atoms with E-state index in [9.17, 15) is 0 Å². The molecule has 1 aliphatic heterocycles. The Morgan fingerprint density at radius 2 is 2.06 bits per heavy atom. The standard InChI is InChI=1S/C12H19N3O/c1-10(2)14-12-4-3-11(9-13-12)15-5-7-16-8-6-15/h3-4,9-10H,5-8H2,1-2H3,(H,13,14). The van der Waals surface area contributed by atoms with Crippen LogP contribution in [0.15, 0.2) is 18.3 Å². The first kappa shape index (κ1) is 11.2. The summed E-state index contributed by atoms with van der Waals surface area (Å²) in [7, 11) is 0. The molecule has 0 saturated carbocycles. The molecule has 0 spiro atoms. The highest BCUT2D eigenvalue weighted by Gasteiger charge is 2.11. The Hall–Kier alpha value is -1.29. The van der Waals surface area contributed by atoms with Crippen LogP contribution in [0.1, 0.15) is 13.8 Å². The lowest BCUT2D eigenvalue weighted by molar-refractivity contribution is 0.122. The molecule has 0 aromatic carbocycles. The van der Waals surface area contributed by atoms with Crippen LogP contribution >= 0.6 is 0 Å². The largest absolute Gasteiger partial charge is 0.378 e. The highest BCUT2D eigenvalue weighted by atomic mass is 16.5. The summed E-state index contributed by atoms with van der Waals surface area (Å²) in [6.07, 6.45) is 1.93. The predicted octanol–water partition coefficient (Wildman–Crippen LogP) is 1.74. The lowest BCUT2D eigenvalue weighted by Gasteiger charge is -2.28. The molecule has 0 atom stereocenters. The van der Waals surface area contributed by atoms with Gasteiger partial charge in [0.1, 0.15) is 5.82 Å². The molecule has 0 radical (unpaired) electrons. The Labute approximate surface area is 96.6 Å². The van der Waals surface area contributed by atoms with E-state index >= 15 is 0 Å². The summed E-state index contributed by atoms with van der Waals surface area (Å²) in [6, 6.07) is 4.56. The molecule has 0 aliphatic carbocycles. The summed E-state index contributed by atoms with van der Waals surface area (Å²) in [4.78, 5) is 6.70. The minimum Gasteiger partial charge on any atom is -0.378 e. The molecular weight excluding hydrogens is 202 g/mol. The van der Waals surface area contributed by atoms with Crippen molar-refractivity contribution >= 4 is 11.5 Å². The van der Waals surface area contributed by atoms with Crippen molar-refractivity contribution in [2.45, 2.75) is 19.9 Å². The molecule has 2 heterocycles. The molecule has 4 nitrogen and oxygen atoms in total. The molecule has 2 rings (SSSR count). The fourth-order valence-corrected chi connectivity index (χ4v) is 1.78. The maximum absolute atomic E-state index is 5.32. The molecule has 1 N–H and O–H groups in total. The first-order chi connectivity index (χ1) is 7.75. The van der Waals surface area contributed by atoms with E-state index in [4.69, 9.17) is 4.74 Å². The second-order valence-corrected chi connectivity index (χ2v) is 4.30. The van der Waals surface area contributed by atoms with Crippen LogP contribution in [0.2, 0.25) is 0 Å². The number of rotatable bonds is 3. The van der Waals surface area contributed by atoms with Gasteiger partial charge in [-0.25, -0.2) is 4.98 Å². The van der Waals surface area contributed by atoms with Gasteiger partial charge in [-0.05, 0) is 26.0 Å². The van der Waals surface area contributed by atoms with Gasteiger partial charge in [0, 0.05) is 19.1 Å². The first-order valence-corrected chi connectivity index (χ1v) is 5.81. The Morgan fingerprint density at radius 3 is 2.62 bits per heavy atom. The van der Waals surface area contributed by atoms with Crippen molar-refractivity contribution in [2.24, 2.45) is 0 Å². The van der Waals surface area contributed by atoms with Crippen LogP contribution in [0, 0.1) is 0 Å². The van der Waals surface area contributed by atoms with Gasteiger partial charge >= 0.3 is 0 Å². The zero-order valence-electron chi connectivity index (χ0n) is 9.94. The molecule has 1 aromatic rings. The molecular formula is C12H19N3O. The zero-order valence-corrected chi connectivity index (χ0v) is 9.94. The fraction of sp³-hybridized carbons (Fsp3) is 0.583. The molecule has 1 aliphatic rings. The highest BCUT2D eigenvalue weighted by Crippen LogP contribution is 2.16. The average Bonchev–Trinajstić information content (AvgIpc) is 2.30. The normalized spacial score (nSPS) is 16.6. The van der Waals surface area contributed by atoms with Crippen LogP contribution in [-0.4, -0.2) is 37.3 Å². The number of pyridine rings is 1. The number of hydrogen-bond donors (Lipinski definition) is 1. The van der Waals surface area contributed by atoms with Crippen molar-refractivity contribution in [3.8, 4) is 0 Å². The number of nitrogens with one attached hydrogen (secondary N) is 1. The molecule has 1 aromatic heterocycles. The van der Waals surface area contributed by atoms with E-state index in [1.165, 1.54) is 5.69 Å². The topological polar surface area (TPSA) is 37.4 Å². The molecule has 1 saturated heterocycles. The van der Waals surface area contributed by atoms with E-state index in [1.54, 1.807) is 0 Å². The third kappa shape index (κ3) is 2.85. The van der Waals surface area contributed by atoms with Gasteiger partial charge in [0.2, 0.25) is 0 Å². The number of aromatic nitrogens is 1. The summed E-state index contributed by atoms with van der Waals surface area (Å²) >= 11 is 0. The van der Waals surface area contributed by atoms with E-state index in [0.29, 0.717) is 6.04 Å². The van der Waals surface area contributed by atoms with Crippen LogP contribution in [0.3, 0.4) is 0 Å². The summed E-state index contributed by atoms with van der Waals surface area (Å²) in [5, 5.41) is 3.28. The minimum absolute atomic E-state index is 0.418. The van der Waals surface area contributed by atoms with Gasteiger partial charge in [-0.3, -0.25) is 0 Å². The van der Waals surface area contributed by atoms with Crippen LogP contribution in [0.25, 0.3) is 0 Å². The van der Waals surface area contributed by atoms with Crippen molar-refractivity contribution in [3.05, 3.63) is 18.3 Å². The minimum atomic E-state index is 0.418. The highest BCUT2D eigenvalue weighted by molar-refractivity contribution is 5.49. The van der Waals surface area contributed by atoms with Crippen molar-refractivity contribution in [1.82, 2.24) is 4.98 Å². The lowest BCUT2D eigenvalue weighted by Crippen LogP contribution is -2.36. The Bertz CT molecular complexity index is 318. The number of hydrogen-bond acceptors (Lipinski definition) is 4. The number of ether oxygens (including phenoxy) is 1. The SMILES string of the molecule is CC(C)Nc1ccc(N2CCOCC2)cn1. The summed E-state index contributed by atoms with van der Waals surface area (Å²) < 4.78 is 5.32. The van der Waals surface area contributed by atoms with Crippen molar-refractivity contribution in [3.63, 3.8) is 0 Å². The van der Waals surface area contributed by atoms with Gasteiger partial charge < -0.3 is 15.0 Å². The smallest absolute Gasteiger partial charge is 0.126 e. The molecule has 0 amide bonds. The van der Waals surface area contributed by atoms with Crippen molar-refractivity contribution < 1.29 is 4.74 Å². The van der Waals surface area contributed by atoms with E-state index in [0.717, 1.165) is 32.1 Å². The maximum Gasteiger partial charge on any atom is 0.126 e. The number of nitrogens with zero attached hydrogens (tertiary/aromatic N) is 2. The lowest BCUT2D eigenvalue weighted by atomic mass is 10.3. The third-order valence-electron chi connectivity index (χ3n) is 2.56. The predicted molar refractivity (Wildman–Crippen MR) is 66.0 cm³/mol. The Morgan fingerprint density at radius 1 is 1.31 bits per heavy atom. The van der Waals surface area contributed by atoms with Crippen molar-refractivity contribution in [2.75, 3.05) is 36.5 Å². The quantitative estimate of drug-likeness (QED) is 0.843. The Kier molecular flexibility index (Phi) is 3.62. The van der Waals surface area contributed by atoms with Crippen LogP contribution in [0.4, 0.5) is 11.5 Å². The molecule has 88 valence electrons.